The first-order valence-electron chi connectivity index (χ1n) is 6.21. The molecule has 0 fully saturated rings. The van der Waals surface area contributed by atoms with Crippen molar-refractivity contribution in [2.75, 3.05) is 0 Å². The molecule has 0 unspecified atom stereocenters. The molecule has 1 aliphatic rings. The van der Waals surface area contributed by atoms with Gasteiger partial charge in [-0.2, -0.15) is 0 Å². The van der Waals surface area contributed by atoms with E-state index >= 15 is 0 Å². The number of rotatable bonds is 2. The highest BCUT2D eigenvalue weighted by molar-refractivity contribution is 9.10. The van der Waals surface area contributed by atoms with E-state index in [1.54, 1.807) is 13.0 Å². The molecule has 98 valence electrons. The van der Waals surface area contributed by atoms with Crippen LogP contribution in [0.25, 0.3) is 17.0 Å². The van der Waals surface area contributed by atoms with Crippen molar-refractivity contribution in [2.45, 2.75) is 26.3 Å². The number of allylic oxidation sites excluding steroid dienone is 1. The molecule has 5 heteroatoms. The second-order valence-corrected chi connectivity index (χ2v) is 5.74. The van der Waals surface area contributed by atoms with Gasteiger partial charge in [0.25, 0.3) is 0 Å². The lowest BCUT2D eigenvalue weighted by Gasteiger charge is -1.99. The summed E-state index contributed by atoms with van der Waals surface area (Å²) in [5, 5.41) is 11.9. The number of fused-ring (bicyclic) bond motifs is 3. The summed E-state index contributed by atoms with van der Waals surface area (Å²) in [7, 11) is 0. The fourth-order valence-electron chi connectivity index (χ4n) is 2.76. The van der Waals surface area contributed by atoms with Gasteiger partial charge in [-0.25, -0.2) is 0 Å². The van der Waals surface area contributed by atoms with Crippen molar-refractivity contribution < 1.29 is 4.92 Å². The fraction of sp³-hybridized carbons (Fsp3) is 0.286. The molecule has 2 heterocycles. The van der Waals surface area contributed by atoms with E-state index in [2.05, 4.69) is 26.6 Å². The van der Waals surface area contributed by atoms with Gasteiger partial charge in [0, 0.05) is 46.2 Å². The van der Waals surface area contributed by atoms with E-state index in [0.29, 0.717) is 0 Å². The van der Waals surface area contributed by atoms with Crippen molar-refractivity contribution in [2.24, 2.45) is 0 Å². The van der Waals surface area contributed by atoms with Gasteiger partial charge in [-0.3, -0.25) is 10.1 Å². The van der Waals surface area contributed by atoms with E-state index in [1.165, 1.54) is 5.69 Å². The van der Waals surface area contributed by atoms with E-state index in [0.717, 1.165) is 40.3 Å². The number of nitrogens with zero attached hydrogens (tertiary/aromatic N) is 2. The second kappa shape index (κ2) is 4.49. The van der Waals surface area contributed by atoms with Crippen molar-refractivity contribution in [3.8, 4) is 0 Å². The Morgan fingerprint density at radius 3 is 3.05 bits per heavy atom. The molecule has 3 rings (SSSR count). The number of nitro groups is 1. The first-order chi connectivity index (χ1) is 9.08. The number of benzene rings is 1. The Kier molecular flexibility index (Phi) is 2.93. The highest BCUT2D eigenvalue weighted by Gasteiger charge is 2.21. The van der Waals surface area contributed by atoms with E-state index in [-0.39, 0.29) is 10.6 Å². The highest BCUT2D eigenvalue weighted by atomic mass is 79.9. The van der Waals surface area contributed by atoms with Crippen molar-refractivity contribution in [3.63, 3.8) is 0 Å². The van der Waals surface area contributed by atoms with E-state index in [9.17, 15) is 10.1 Å². The van der Waals surface area contributed by atoms with Crippen LogP contribution in [0.5, 0.6) is 0 Å². The van der Waals surface area contributed by atoms with Crippen molar-refractivity contribution in [1.29, 1.82) is 0 Å². The number of hydrogen-bond acceptors (Lipinski definition) is 2. The molecule has 0 radical (unpaired) electrons. The summed E-state index contributed by atoms with van der Waals surface area (Å²) < 4.78 is 3.28. The monoisotopic (exact) mass is 320 g/mol. The Balaban J connectivity index is 2.31. The third-order valence-electron chi connectivity index (χ3n) is 3.61. The number of halogens is 1. The Labute approximate surface area is 119 Å². The van der Waals surface area contributed by atoms with Crippen LogP contribution in [0.15, 0.2) is 28.4 Å². The normalized spacial score (nSPS) is 14.9. The summed E-state index contributed by atoms with van der Waals surface area (Å²) in [6.07, 6.45) is 3.80. The fourth-order valence-corrected chi connectivity index (χ4v) is 3.12. The minimum Gasteiger partial charge on any atom is -0.344 e. The Hall–Kier alpha value is -1.62. The van der Waals surface area contributed by atoms with Gasteiger partial charge >= 0.3 is 0 Å². The molecule has 19 heavy (non-hydrogen) atoms. The number of aryl methyl sites for hydroxylation is 1. The largest absolute Gasteiger partial charge is 0.344 e. The standard InChI is InChI=1S/C14H13BrN2O2/c1-9(17(18)19)7-11-12-8-10(15)4-5-14(12)16-6-2-3-13(11)16/h4-5,7-8H,2-3,6H2,1H3. The van der Waals surface area contributed by atoms with Crippen molar-refractivity contribution in [1.82, 2.24) is 4.57 Å². The van der Waals surface area contributed by atoms with Crippen molar-refractivity contribution >= 4 is 32.9 Å². The lowest BCUT2D eigenvalue weighted by Crippen LogP contribution is -1.94. The average Bonchev–Trinajstić information content (AvgIpc) is 2.92. The summed E-state index contributed by atoms with van der Waals surface area (Å²) in [5.41, 5.74) is 3.57. The third kappa shape index (κ3) is 1.98. The van der Waals surface area contributed by atoms with Gasteiger partial charge in [0.2, 0.25) is 5.70 Å². The molecule has 4 nitrogen and oxygen atoms in total. The zero-order valence-corrected chi connectivity index (χ0v) is 12.1. The topological polar surface area (TPSA) is 48.1 Å². The van der Waals surface area contributed by atoms with Gasteiger partial charge in [0.15, 0.2) is 0 Å². The van der Waals surface area contributed by atoms with Gasteiger partial charge in [0.05, 0.1) is 4.92 Å². The Morgan fingerprint density at radius 2 is 2.32 bits per heavy atom. The summed E-state index contributed by atoms with van der Waals surface area (Å²) in [4.78, 5) is 10.5. The second-order valence-electron chi connectivity index (χ2n) is 4.82. The average molecular weight is 321 g/mol. The maximum atomic E-state index is 10.8. The molecule has 0 atom stereocenters. The predicted molar refractivity (Wildman–Crippen MR) is 78.6 cm³/mol. The molecule has 1 aromatic heterocycles. The summed E-state index contributed by atoms with van der Waals surface area (Å²) >= 11 is 3.47. The SMILES string of the molecule is CC(=Cc1c2n(c3ccc(Br)cc13)CCC2)[N+](=O)[O-]. The van der Waals surface area contributed by atoms with Crippen LogP contribution in [0.1, 0.15) is 24.6 Å². The predicted octanol–water partition coefficient (Wildman–Crippen LogP) is 3.99. The Morgan fingerprint density at radius 1 is 1.53 bits per heavy atom. The molecule has 0 saturated carbocycles. The van der Waals surface area contributed by atoms with Crippen molar-refractivity contribution in [3.05, 3.63) is 49.7 Å². The Bertz CT molecular complexity index is 716. The smallest absolute Gasteiger partial charge is 0.243 e. The van der Waals surface area contributed by atoms with Crippen LogP contribution >= 0.6 is 15.9 Å². The maximum Gasteiger partial charge on any atom is 0.243 e. The van der Waals surface area contributed by atoms with Crippen LogP contribution in [-0.2, 0) is 13.0 Å². The summed E-state index contributed by atoms with van der Waals surface area (Å²) in [5.74, 6) is 0. The highest BCUT2D eigenvalue weighted by Crippen LogP contribution is 2.34. The molecule has 0 amide bonds. The van der Waals surface area contributed by atoms with Crippen LogP contribution in [0.3, 0.4) is 0 Å². The zero-order valence-electron chi connectivity index (χ0n) is 10.5. The number of hydrogen-bond donors (Lipinski definition) is 0. The first-order valence-corrected chi connectivity index (χ1v) is 7.00. The van der Waals surface area contributed by atoms with Crippen LogP contribution in [0.4, 0.5) is 0 Å². The van der Waals surface area contributed by atoms with Gasteiger partial charge < -0.3 is 4.57 Å². The van der Waals surface area contributed by atoms with Gasteiger partial charge in [-0.05, 0) is 31.0 Å². The zero-order chi connectivity index (χ0) is 13.6. The third-order valence-corrected chi connectivity index (χ3v) is 4.11. The summed E-state index contributed by atoms with van der Waals surface area (Å²) in [6.45, 7) is 2.54. The lowest BCUT2D eigenvalue weighted by atomic mass is 10.1. The van der Waals surface area contributed by atoms with Crippen LogP contribution in [-0.4, -0.2) is 9.49 Å². The van der Waals surface area contributed by atoms with Gasteiger partial charge in [-0.15, -0.1) is 0 Å². The summed E-state index contributed by atoms with van der Waals surface area (Å²) in [6, 6.07) is 6.13. The molecule has 0 N–H and O–H groups in total. The molecule has 1 aliphatic heterocycles. The van der Waals surface area contributed by atoms with Crippen LogP contribution in [0.2, 0.25) is 0 Å². The molecular formula is C14H13BrN2O2. The lowest BCUT2D eigenvalue weighted by molar-refractivity contribution is -0.422. The first kappa shape index (κ1) is 12.4. The van der Waals surface area contributed by atoms with Crippen LogP contribution in [0, 0.1) is 10.1 Å². The van der Waals surface area contributed by atoms with E-state index in [4.69, 9.17) is 0 Å². The molecule has 0 aliphatic carbocycles. The van der Waals surface area contributed by atoms with E-state index < -0.39 is 0 Å². The van der Waals surface area contributed by atoms with Gasteiger partial charge in [0.1, 0.15) is 0 Å². The molecule has 0 spiro atoms. The molecular weight excluding hydrogens is 308 g/mol. The quantitative estimate of drug-likeness (QED) is 0.620. The minimum atomic E-state index is -0.331. The molecule has 1 aromatic carbocycles. The van der Waals surface area contributed by atoms with Gasteiger partial charge in [-0.1, -0.05) is 15.9 Å². The minimum absolute atomic E-state index is 0.183. The maximum absolute atomic E-state index is 10.8. The molecule has 0 bridgehead atoms. The molecule has 0 saturated heterocycles. The van der Waals surface area contributed by atoms with Crippen LogP contribution < -0.4 is 0 Å². The number of aromatic nitrogens is 1. The van der Waals surface area contributed by atoms with E-state index in [1.807, 2.05) is 12.1 Å². The molecule has 2 aromatic rings.